The number of aromatic nitrogens is 1. The second-order valence-corrected chi connectivity index (χ2v) is 9.86. The molecule has 6 rings (SSSR count). The molecule has 160 valence electrons. The molecule has 3 aromatic rings. The minimum absolute atomic E-state index is 0.107. The third-order valence-electron chi connectivity index (χ3n) is 8.16. The fraction of sp³-hybridized carbons (Fsp3) is 0.444. The van der Waals surface area contributed by atoms with E-state index in [9.17, 15) is 9.90 Å². The number of amides is 1. The second-order valence-electron chi connectivity index (χ2n) is 9.86. The summed E-state index contributed by atoms with van der Waals surface area (Å²) in [4.78, 5) is 19.7. The average Bonchev–Trinajstić information content (AvgIpc) is 3.48. The summed E-state index contributed by atoms with van der Waals surface area (Å²) >= 11 is 0. The van der Waals surface area contributed by atoms with Gasteiger partial charge >= 0.3 is 0 Å². The molecule has 0 radical (unpaired) electrons. The number of rotatable bonds is 4. The highest BCUT2D eigenvalue weighted by Crippen LogP contribution is 2.52. The third kappa shape index (κ3) is 2.88. The molecule has 3 aliphatic rings. The van der Waals surface area contributed by atoms with E-state index in [1.807, 2.05) is 18.2 Å². The Morgan fingerprint density at radius 1 is 1.06 bits per heavy atom. The van der Waals surface area contributed by atoms with Crippen LogP contribution in [0, 0.1) is 5.41 Å². The van der Waals surface area contributed by atoms with Gasteiger partial charge < -0.3 is 15.0 Å². The van der Waals surface area contributed by atoms with Crippen LogP contribution in [0.25, 0.3) is 10.9 Å². The van der Waals surface area contributed by atoms with Crippen molar-refractivity contribution >= 4 is 16.8 Å². The second kappa shape index (κ2) is 7.23. The Morgan fingerprint density at radius 3 is 2.74 bits per heavy atom. The number of fused-ring (bicyclic) bond motifs is 5. The lowest BCUT2D eigenvalue weighted by atomic mass is 9.70. The largest absolute Gasteiger partial charge is 0.396 e. The molecule has 3 heterocycles. The number of hydrogen-bond donors (Lipinski definition) is 2. The highest BCUT2D eigenvalue weighted by molar-refractivity contribution is 6.07. The molecule has 1 aromatic heterocycles. The number of aliphatic hydroxyl groups excluding tert-OH is 1. The van der Waals surface area contributed by atoms with Crippen molar-refractivity contribution in [3.05, 3.63) is 70.9 Å². The lowest BCUT2D eigenvalue weighted by Crippen LogP contribution is -2.44. The van der Waals surface area contributed by atoms with Gasteiger partial charge in [-0.1, -0.05) is 42.5 Å². The van der Waals surface area contributed by atoms with Gasteiger partial charge in [0.25, 0.3) is 5.91 Å². The first-order valence-corrected chi connectivity index (χ1v) is 11.8. The molecule has 2 aliphatic heterocycles. The molecular formula is C27H30N2O2. The van der Waals surface area contributed by atoms with E-state index >= 15 is 0 Å². The van der Waals surface area contributed by atoms with Crippen LogP contribution in [0.4, 0.5) is 0 Å². The molecule has 2 aromatic carbocycles. The zero-order valence-corrected chi connectivity index (χ0v) is 17.9. The molecule has 0 unspecified atom stereocenters. The number of carbonyl (C=O) groups excluding carboxylic acids is 1. The predicted molar refractivity (Wildman–Crippen MR) is 122 cm³/mol. The number of aliphatic hydroxyl groups is 1. The van der Waals surface area contributed by atoms with Crippen LogP contribution in [-0.4, -0.2) is 39.6 Å². The molecule has 1 aliphatic carbocycles. The Kier molecular flexibility index (Phi) is 4.46. The maximum Gasteiger partial charge on any atom is 0.256 e. The standard InChI is InChI=1S/C27H30N2O2/c30-17-27(15-18-7-2-1-3-8-18)16-19-13-14-24(27)29(19)26(31)22-11-6-10-21-20-9-4-5-12-23(20)28-25(21)22/h1-3,6-8,10-11,19,24,28,30H,4-5,9,12-17H2/t19-,24+,27-/m1/s1. The van der Waals surface area contributed by atoms with Gasteiger partial charge in [0.05, 0.1) is 17.7 Å². The summed E-state index contributed by atoms with van der Waals surface area (Å²) in [5, 5.41) is 11.7. The average molecular weight is 415 g/mol. The van der Waals surface area contributed by atoms with Crippen molar-refractivity contribution in [2.24, 2.45) is 5.41 Å². The number of aromatic amines is 1. The minimum Gasteiger partial charge on any atom is -0.396 e. The van der Waals surface area contributed by atoms with Crippen LogP contribution in [0.2, 0.25) is 0 Å². The molecule has 1 amide bonds. The van der Waals surface area contributed by atoms with Gasteiger partial charge in [0, 0.05) is 28.6 Å². The van der Waals surface area contributed by atoms with Crippen molar-refractivity contribution < 1.29 is 9.90 Å². The van der Waals surface area contributed by atoms with E-state index in [1.54, 1.807) is 0 Å². The molecule has 4 heteroatoms. The van der Waals surface area contributed by atoms with Gasteiger partial charge in [0.15, 0.2) is 0 Å². The van der Waals surface area contributed by atoms with Crippen molar-refractivity contribution in [1.82, 2.24) is 9.88 Å². The number of nitrogens with one attached hydrogen (secondary N) is 1. The van der Waals surface area contributed by atoms with Crippen molar-refractivity contribution in [1.29, 1.82) is 0 Å². The summed E-state index contributed by atoms with van der Waals surface area (Å²) in [6.07, 6.45) is 8.39. The molecule has 2 N–H and O–H groups in total. The van der Waals surface area contributed by atoms with Crippen LogP contribution >= 0.6 is 0 Å². The Morgan fingerprint density at radius 2 is 1.90 bits per heavy atom. The van der Waals surface area contributed by atoms with Crippen molar-refractivity contribution in [2.45, 2.75) is 63.5 Å². The fourth-order valence-electron chi connectivity index (χ4n) is 6.76. The van der Waals surface area contributed by atoms with E-state index in [-0.39, 0.29) is 30.0 Å². The highest BCUT2D eigenvalue weighted by Gasteiger charge is 2.57. The number of carbonyl (C=O) groups is 1. The van der Waals surface area contributed by atoms with Crippen LogP contribution in [0.3, 0.4) is 0 Å². The van der Waals surface area contributed by atoms with Crippen LogP contribution in [0.1, 0.15) is 59.3 Å². The summed E-state index contributed by atoms with van der Waals surface area (Å²) in [7, 11) is 0. The van der Waals surface area contributed by atoms with Crippen LogP contribution in [-0.2, 0) is 19.3 Å². The lowest BCUT2D eigenvalue weighted by molar-refractivity contribution is 0.0572. The maximum absolute atomic E-state index is 13.9. The third-order valence-corrected chi connectivity index (χ3v) is 8.16. The Labute approximate surface area is 183 Å². The van der Waals surface area contributed by atoms with E-state index < -0.39 is 0 Å². The topological polar surface area (TPSA) is 56.3 Å². The van der Waals surface area contributed by atoms with E-state index in [2.05, 4.69) is 40.2 Å². The number of para-hydroxylation sites is 1. The number of hydrogen-bond acceptors (Lipinski definition) is 2. The van der Waals surface area contributed by atoms with E-state index in [1.165, 1.54) is 35.0 Å². The van der Waals surface area contributed by atoms with Gasteiger partial charge in [-0.05, 0) is 68.6 Å². The molecule has 3 atom stereocenters. The summed E-state index contributed by atoms with van der Waals surface area (Å²) in [5.41, 5.74) is 5.56. The van der Waals surface area contributed by atoms with Gasteiger partial charge in [-0.2, -0.15) is 0 Å². The summed E-state index contributed by atoms with van der Waals surface area (Å²) in [5.74, 6) is 0.139. The first kappa shape index (κ1) is 19.1. The maximum atomic E-state index is 13.9. The predicted octanol–water partition coefficient (Wildman–Crippen LogP) is 4.65. The van der Waals surface area contributed by atoms with Crippen LogP contribution in [0.15, 0.2) is 48.5 Å². The SMILES string of the molecule is O=C(c1cccc2c3c([nH]c12)CCCC3)N1[C@@H]2CC[C@H]1[C@](CO)(Cc1ccccc1)C2. The quantitative estimate of drug-likeness (QED) is 0.653. The monoisotopic (exact) mass is 414 g/mol. The number of benzene rings is 2. The summed E-state index contributed by atoms with van der Waals surface area (Å²) < 4.78 is 0. The van der Waals surface area contributed by atoms with Crippen molar-refractivity contribution in [3.8, 4) is 0 Å². The van der Waals surface area contributed by atoms with Gasteiger partial charge in [0.1, 0.15) is 0 Å². The van der Waals surface area contributed by atoms with Gasteiger partial charge in [-0.15, -0.1) is 0 Å². The molecule has 31 heavy (non-hydrogen) atoms. The van der Waals surface area contributed by atoms with Crippen LogP contribution in [0.5, 0.6) is 0 Å². The molecular weight excluding hydrogens is 384 g/mol. The van der Waals surface area contributed by atoms with Gasteiger partial charge in [-0.25, -0.2) is 0 Å². The smallest absolute Gasteiger partial charge is 0.256 e. The first-order valence-electron chi connectivity index (χ1n) is 11.8. The van der Waals surface area contributed by atoms with Gasteiger partial charge in [-0.3, -0.25) is 4.79 Å². The molecule has 0 spiro atoms. The van der Waals surface area contributed by atoms with E-state index in [0.29, 0.717) is 0 Å². The van der Waals surface area contributed by atoms with Gasteiger partial charge in [0.2, 0.25) is 0 Å². The Bertz CT molecular complexity index is 1130. The van der Waals surface area contributed by atoms with Crippen molar-refractivity contribution in [2.75, 3.05) is 6.61 Å². The number of nitrogens with zero attached hydrogens (tertiary/aromatic N) is 1. The normalized spacial score (nSPS) is 27.1. The first-order chi connectivity index (χ1) is 15.2. The van der Waals surface area contributed by atoms with Crippen LogP contribution < -0.4 is 0 Å². The molecule has 2 bridgehead atoms. The Balaban J connectivity index is 1.36. The van der Waals surface area contributed by atoms with E-state index in [0.717, 1.165) is 49.6 Å². The molecule has 2 fully saturated rings. The molecule has 2 saturated heterocycles. The van der Waals surface area contributed by atoms with Crippen molar-refractivity contribution in [3.63, 3.8) is 0 Å². The fourth-order valence-corrected chi connectivity index (χ4v) is 6.76. The molecule has 0 saturated carbocycles. The summed E-state index contributed by atoms with van der Waals surface area (Å²) in [6, 6.07) is 17.0. The zero-order valence-electron chi connectivity index (χ0n) is 17.9. The minimum atomic E-state index is -0.233. The zero-order chi connectivity index (χ0) is 21.0. The number of H-pyrrole nitrogens is 1. The Hall–Kier alpha value is -2.59. The summed E-state index contributed by atoms with van der Waals surface area (Å²) in [6.45, 7) is 0.133. The lowest BCUT2D eigenvalue weighted by Gasteiger charge is -2.36. The number of aryl methyl sites for hydroxylation is 2. The highest BCUT2D eigenvalue weighted by atomic mass is 16.3. The van der Waals surface area contributed by atoms with E-state index in [4.69, 9.17) is 0 Å². The molecule has 4 nitrogen and oxygen atoms in total.